The number of amides is 2. The molecule has 5 rings (SSSR count). The smallest absolute Gasteiger partial charge is 0.352 e. The zero-order chi connectivity index (χ0) is 24.0. The summed E-state index contributed by atoms with van der Waals surface area (Å²) in [7, 11) is 3.44. The lowest BCUT2D eigenvalue weighted by Gasteiger charge is -2.36. The van der Waals surface area contributed by atoms with E-state index in [1.54, 1.807) is 4.90 Å². The van der Waals surface area contributed by atoms with Crippen LogP contribution in [0.25, 0.3) is 5.65 Å². The van der Waals surface area contributed by atoms with Crippen molar-refractivity contribution in [1.82, 2.24) is 39.5 Å². The van der Waals surface area contributed by atoms with Crippen LogP contribution < -0.4 is 11.0 Å². The molecule has 0 aliphatic carbocycles. The molecule has 3 fully saturated rings. The summed E-state index contributed by atoms with van der Waals surface area (Å²) >= 11 is 0. The Hall–Kier alpha value is -3.39. The zero-order valence-corrected chi connectivity index (χ0v) is 18.9. The molecule has 2 amide bonds. The van der Waals surface area contributed by atoms with E-state index in [9.17, 15) is 19.2 Å². The first kappa shape index (κ1) is 22.4. The predicted octanol–water partition coefficient (Wildman–Crippen LogP) is -2.38. The summed E-state index contributed by atoms with van der Waals surface area (Å²) in [5.41, 5.74) is -0.630. The highest BCUT2D eigenvalue weighted by molar-refractivity contribution is 5.97. The molecule has 3 aliphatic heterocycles. The average molecular weight is 474 g/mol. The molecule has 34 heavy (non-hydrogen) atoms. The van der Waals surface area contributed by atoms with Gasteiger partial charge in [-0.3, -0.25) is 14.4 Å². The second-order valence-corrected chi connectivity index (χ2v) is 8.87. The Labute approximate surface area is 193 Å². The van der Waals surface area contributed by atoms with Gasteiger partial charge in [0.25, 0.3) is 5.91 Å². The lowest BCUT2D eigenvalue weighted by atomic mass is 9.78. The van der Waals surface area contributed by atoms with Crippen LogP contribution in [0.15, 0.2) is 11.1 Å². The van der Waals surface area contributed by atoms with Gasteiger partial charge in [0.2, 0.25) is 5.91 Å². The summed E-state index contributed by atoms with van der Waals surface area (Å²) in [6.45, 7) is 2.39. The van der Waals surface area contributed by atoms with E-state index in [0.717, 1.165) is 28.6 Å². The fraction of sp³-hybridized carbons (Fsp3) is 0.650. The minimum absolute atomic E-state index is 0.00809. The van der Waals surface area contributed by atoms with Gasteiger partial charge in [-0.05, 0) is 19.9 Å². The van der Waals surface area contributed by atoms with Gasteiger partial charge in [-0.25, -0.2) is 14.2 Å². The number of hydrogen-bond donors (Lipinski definition) is 1. The minimum Gasteiger partial charge on any atom is -0.444 e. The van der Waals surface area contributed by atoms with Crippen molar-refractivity contribution in [2.75, 3.05) is 40.0 Å². The Balaban J connectivity index is 1.22. The number of esters is 1. The van der Waals surface area contributed by atoms with Crippen LogP contribution in [0.2, 0.25) is 0 Å². The number of nitrogens with one attached hydrogen (secondary N) is 1. The minimum atomic E-state index is -0.704. The molecule has 2 aromatic heterocycles. The highest BCUT2D eigenvalue weighted by atomic mass is 16.6. The fourth-order valence-electron chi connectivity index (χ4n) is 4.92. The number of rotatable bonds is 5. The number of likely N-dealkylation sites (N-methyl/N-ethyl adjacent to an activating group) is 1. The number of carbonyl (C=O) groups is 3. The van der Waals surface area contributed by atoms with Gasteiger partial charge in [-0.15, -0.1) is 5.10 Å². The SMILES string of the molecule is CN1CCN(C(=O)C2C3CCC(O3)C2C(=O)OCNC(=O)c2ncn3c(=O)n(C)nnc23)CC1. The van der Waals surface area contributed by atoms with E-state index in [0.29, 0.717) is 19.5 Å². The number of aromatic nitrogens is 5. The first-order chi connectivity index (χ1) is 16.3. The van der Waals surface area contributed by atoms with Gasteiger partial charge < -0.3 is 24.6 Å². The van der Waals surface area contributed by atoms with Crippen molar-refractivity contribution in [2.24, 2.45) is 18.9 Å². The van der Waals surface area contributed by atoms with Crippen molar-refractivity contribution in [2.45, 2.75) is 25.0 Å². The quantitative estimate of drug-likeness (QED) is 0.367. The molecule has 3 saturated heterocycles. The van der Waals surface area contributed by atoms with E-state index < -0.39 is 36.1 Å². The fourth-order valence-corrected chi connectivity index (χ4v) is 4.92. The molecule has 0 aromatic carbocycles. The molecule has 14 heteroatoms. The maximum Gasteiger partial charge on any atom is 0.352 e. The lowest BCUT2D eigenvalue weighted by molar-refractivity contribution is -0.156. The number of ether oxygens (including phenoxy) is 2. The molecule has 2 bridgehead atoms. The highest BCUT2D eigenvalue weighted by Gasteiger charge is 2.57. The molecular formula is C20H26N8O6. The summed E-state index contributed by atoms with van der Waals surface area (Å²) < 4.78 is 13.3. The topological polar surface area (TPSA) is 153 Å². The van der Waals surface area contributed by atoms with Crippen LogP contribution in [0.4, 0.5) is 0 Å². The third-order valence-corrected chi connectivity index (χ3v) is 6.81. The van der Waals surface area contributed by atoms with Crippen LogP contribution in [-0.2, 0) is 26.1 Å². The van der Waals surface area contributed by atoms with E-state index in [4.69, 9.17) is 9.47 Å². The highest BCUT2D eigenvalue weighted by Crippen LogP contribution is 2.45. The van der Waals surface area contributed by atoms with Crippen LogP contribution in [0.3, 0.4) is 0 Å². The Bertz CT molecular complexity index is 1190. The number of carbonyl (C=O) groups excluding carboxylic acids is 3. The summed E-state index contributed by atoms with van der Waals surface area (Å²) in [6.07, 6.45) is 1.95. The summed E-state index contributed by atoms with van der Waals surface area (Å²) in [5.74, 6) is -2.61. The maximum absolute atomic E-state index is 13.2. The van der Waals surface area contributed by atoms with E-state index in [2.05, 4.69) is 25.5 Å². The number of imidazole rings is 1. The number of nitrogens with zero attached hydrogens (tertiary/aromatic N) is 7. The van der Waals surface area contributed by atoms with Gasteiger partial charge >= 0.3 is 11.7 Å². The molecule has 4 atom stereocenters. The molecule has 0 radical (unpaired) electrons. The van der Waals surface area contributed by atoms with Crippen molar-refractivity contribution >= 4 is 23.4 Å². The summed E-state index contributed by atoms with van der Waals surface area (Å²) in [6, 6.07) is 0. The second kappa shape index (κ2) is 8.76. The van der Waals surface area contributed by atoms with Crippen molar-refractivity contribution in [3.05, 3.63) is 22.5 Å². The average Bonchev–Trinajstić information content (AvgIpc) is 3.56. The Morgan fingerprint density at radius 1 is 1.12 bits per heavy atom. The monoisotopic (exact) mass is 474 g/mol. The van der Waals surface area contributed by atoms with Crippen LogP contribution >= 0.6 is 0 Å². The number of aryl methyl sites for hydroxylation is 1. The van der Waals surface area contributed by atoms with Crippen LogP contribution in [0, 0.1) is 11.8 Å². The molecule has 2 aromatic rings. The molecule has 1 N–H and O–H groups in total. The molecule has 14 nitrogen and oxygen atoms in total. The standard InChI is InChI=1S/C20H26N8O6/c1-25-5-7-27(8-6-25)18(30)13-11-3-4-12(34-11)14(13)19(31)33-10-22-17(29)15-16-23-24-26(2)20(32)28(16)9-21-15/h9,11-14H,3-8,10H2,1-2H3,(H,22,29). The third-order valence-electron chi connectivity index (χ3n) is 6.81. The van der Waals surface area contributed by atoms with E-state index in [1.807, 2.05) is 7.05 Å². The van der Waals surface area contributed by atoms with E-state index >= 15 is 0 Å². The van der Waals surface area contributed by atoms with Gasteiger partial charge in [-0.1, -0.05) is 5.21 Å². The number of fused-ring (bicyclic) bond motifs is 3. The zero-order valence-electron chi connectivity index (χ0n) is 18.9. The van der Waals surface area contributed by atoms with Gasteiger partial charge in [-0.2, -0.15) is 4.68 Å². The first-order valence-electron chi connectivity index (χ1n) is 11.2. The van der Waals surface area contributed by atoms with Crippen molar-refractivity contribution in [3.8, 4) is 0 Å². The normalized spacial score (nSPS) is 26.7. The van der Waals surface area contributed by atoms with Crippen molar-refractivity contribution < 1.29 is 23.9 Å². The summed E-state index contributed by atoms with van der Waals surface area (Å²) in [5, 5.41) is 9.91. The maximum atomic E-state index is 13.2. The Morgan fingerprint density at radius 2 is 1.82 bits per heavy atom. The second-order valence-electron chi connectivity index (χ2n) is 8.87. The van der Waals surface area contributed by atoms with Gasteiger partial charge in [0.1, 0.15) is 6.33 Å². The van der Waals surface area contributed by atoms with Gasteiger partial charge in [0.15, 0.2) is 18.1 Å². The largest absolute Gasteiger partial charge is 0.444 e. The van der Waals surface area contributed by atoms with Crippen molar-refractivity contribution in [3.63, 3.8) is 0 Å². The molecule has 0 saturated carbocycles. The molecule has 0 spiro atoms. The summed E-state index contributed by atoms with van der Waals surface area (Å²) in [4.78, 5) is 58.6. The van der Waals surface area contributed by atoms with Crippen LogP contribution in [-0.4, -0.2) is 104 Å². The molecular weight excluding hydrogens is 448 g/mol. The van der Waals surface area contributed by atoms with Gasteiger partial charge in [0, 0.05) is 33.2 Å². The molecule has 4 unspecified atom stereocenters. The molecule has 182 valence electrons. The first-order valence-corrected chi connectivity index (χ1v) is 11.2. The predicted molar refractivity (Wildman–Crippen MR) is 113 cm³/mol. The van der Waals surface area contributed by atoms with Gasteiger partial charge in [0.05, 0.1) is 24.0 Å². The number of piperazine rings is 1. The third kappa shape index (κ3) is 3.81. The Kier molecular flexibility index (Phi) is 5.77. The van der Waals surface area contributed by atoms with E-state index in [1.165, 1.54) is 13.4 Å². The van der Waals surface area contributed by atoms with Crippen LogP contribution in [0.5, 0.6) is 0 Å². The number of hydrogen-bond acceptors (Lipinski definition) is 10. The van der Waals surface area contributed by atoms with E-state index in [-0.39, 0.29) is 29.5 Å². The van der Waals surface area contributed by atoms with Crippen molar-refractivity contribution in [1.29, 1.82) is 0 Å². The Morgan fingerprint density at radius 3 is 2.56 bits per heavy atom. The molecule has 3 aliphatic rings. The molecule has 5 heterocycles. The lowest BCUT2D eigenvalue weighted by Crippen LogP contribution is -2.52. The van der Waals surface area contributed by atoms with Crippen LogP contribution in [0.1, 0.15) is 23.3 Å².